The first-order valence-electron chi connectivity index (χ1n) is 5.46. The zero-order chi connectivity index (χ0) is 10.4. The lowest BCUT2D eigenvalue weighted by Crippen LogP contribution is -1.96. The molecule has 0 saturated heterocycles. The molecule has 0 spiro atoms. The average molecular weight is 211 g/mol. The molecule has 1 unspecified atom stereocenters. The van der Waals surface area contributed by atoms with E-state index in [0.717, 1.165) is 17.4 Å². The maximum atomic E-state index is 5.92. The molecular weight excluding hydrogens is 192 g/mol. The average Bonchev–Trinajstić information content (AvgIpc) is 2.15. The minimum Gasteiger partial charge on any atom is -0.0843 e. The van der Waals surface area contributed by atoms with Gasteiger partial charge in [0.1, 0.15) is 0 Å². The van der Waals surface area contributed by atoms with Crippen LogP contribution in [0.25, 0.3) is 0 Å². The van der Waals surface area contributed by atoms with Gasteiger partial charge in [0.2, 0.25) is 0 Å². The van der Waals surface area contributed by atoms with Gasteiger partial charge in [-0.25, -0.2) is 0 Å². The Hall–Kier alpha value is -0.490. The van der Waals surface area contributed by atoms with Crippen LogP contribution in [0.2, 0.25) is 5.02 Å². The Morgan fingerprint density at radius 3 is 2.71 bits per heavy atom. The number of hydrogen-bond donors (Lipinski definition) is 0. The van der Waals surface area contributed by atoms with Crippen molar-refractivity contribution in [1.82, 2.24) is 0 Å². The minimum absolute atomic E-state index is 0.832. The molecule has 0 aliphatic rings. The molecule has 0 aliphatic heterocycles. The van der Waals surface area contributed by atoms with Crippen molar-refractivity contribution in [3.05, 3.63) is 34.9 Å². The van der Waals surface area contributed by atoms with Gasteiger partial charge >= 0.3 is 0 Å². The normalized spacial score (nSPS) is 12.8. The van der Waals surface area contributed by atoms with Gasteiger partial charge in [0.05, 0.1) is 0 Å². The number of benzene rings is 1. The van der Waals surface area contributed by atoms with Gasteiger partial charge < -0.3 is 0 Å². The van der Waals surface area contributed by atoms with Gasteiger partial charge in [-0.3, -0.25) is 0 Å². The smallest absolute Gasteiger partial charge is 0.0408 e. The molecule has 1 heteroatoms. The van der Waals surface area contributed by atoms with Crippen LogP contribution in [0.1, 0.15) is 38.7 Å². The predicted octanol–water partition coefficient (Wildman–Crippen LogP) is 4.71. The molecular formula is C13H19Cl. The summed E-state index contributed by atoms with van der Waals surface area (Å²) in [7, 11) is 0. The lowest BCUT2D eigenvalue weighted by Gasteiger charge is -2.09. The maximum Gasteiger partial charge on any atom is 0.0408 e. The van der Waals surface area contributed by atoms with Gasteiger partial charge in [0.15, 0.2) is 0 Å². The monoisotopic (exact) mass is 210 g/mol. The van der Waals surface area contributed by atoms with E-state index in [9.17, 15) is 0 Å². The van der Waals surface area contributed by atoms with Gasteiger partial charge in [-0.15, -0.1) is 0 Å². The Kier molecular flexibility index (Phi) is 5.03. The summed E-state index contributed by atoms with van der Waals surface area (Å²) in [6.07, 6.45) is 5.05. The summed E-state index contributed by atoms with van der Waals surface area (Å²) >= 11 is 5.92. The van der Waals surface area contributed by atoms with E-state index in [4.69, 9.17) is 11.6 Å². The van der Waals surface area contributed by atoms with E-state index in [-0.39, 0.29) is 0 Å². The summed E-state index contributed by atoms with van der Waals surface area (Å²) < 4.78 is 0. The molecule has 78 valence electrons. The van der Waals surface area contributed by atoms with Gasteiger partial charge in [0.25, 0.3) is 0 Å². The fraction of sp³-hybridized carbons (Fsp3) is 0.538. The Labute approximate surface area is 92.3 Å². The second-order valence-corrected chi connectivity index (χ2v) is 4.50. The predicted molar refractivity (Wildman–Crippen MR) is 63.8 cm³/mol. The standard InChI is InChI=1S/C13H19Cl/c1-3-5-11(2)8-9-12-6-4-7-13(14)10-12/h4,6-7,10-11H,3,5,8-9H2,1-2H3. The van der Waals surface area contributed by atoms with Crippen LogP contribution < -0.4 is 0 Å². The molecule has 1 rings (SSSR count). The van der Waals surface area contributed by atoms with Crippen LogP contribution in [-0.4, -0.2) is 0 Å². The summed E-state index contributed by atoms with van der Waals surface area (Å²) in [4.78, 5) is 0. The fourth-order valence-corrected chi connectivity index (χ4v) is 1.96. The Balaban J connectivity index is 2.37. The molecule has 0 aliphatic carbocycles. The Bertz CT molecular complexity index is 268. The SMILES string of the molecule is CCCC(C)CCc1cccc(Cl)c1. The second kappa shape index (κ2) is 6.08. The summed E-state index contributed by atoms with van der Waals surface area (Å²) in [6.45, 7) is 4.57. The van der Waals surface area contributed by atoms with Crippen molar-refractivity contribution in [3.63, 3.8) is 0 Å². The number of aryl methyl sites for hydroxylation is 1. The van der Waals surface area contributed by atoms with E-state index < -0.39 is 0 Å². The van der Waals surface area contributed by atoms with Crippen molar-refractivity contribution in [2.24, 2.45) is 5.92 Å². The van der Waals surface area contributed by atoms with Crippen LogP contribution in [-0.2, 0) is 6.42 Å². The van der Waals surface area contributed by atoms with Crippen molar-refractivity contribution in [2.45, 2.75) is 39.5 Å². The molecule has 1 aromatic carbocycles. The molecule has 0 bridgehead atoms. The molecule has 14 heavy (non-hydrogen) atoms. The Morgan fingerprint density at radius 1 is 1.29 bits per heavy atom. The molecule has 0 aromatic heterocycles. The van der Waals surface area contributed by atoms with Gasteiger partial charge in [-0.1, -0.05) is 50.4 Å². The quantitative estimate of drug-likeness (QED) is 0.661. The first-order chi connectivity index (χ1) is 6.72. The first kappa shape index (κ1) is 11.6. The van der Waals surface area contributed by atoms with Crippen LogP contribution in [0, 0.1) is 5.92 Å². The van der Waals surface area contributed by atoms with Crippen molar-refractivity contribution < 1.29 is 0 Å². The van der Waals surface area contributed by atoms with Crippen LogP contribution >= 0.6 is 11.6 Å². The van der Waals surface area contributed by atoms with Gasteiger partial charge in [-0.05, 0) is 36.5 Å². The molecule has 0 fully saturated rings. The first-order valence-corrected chi connectivity index (χ1v) is 5.84. The number of halogens is 1. The zero-order valence-corrected chi connectivity index (χ0v) is 9.85. The van der Waals surface area contributed by atoms with E-state index in [1.807, 2.05) is 12.1 Å². The molecule has 0 radical (unpaired) electrons. The minimum atomic E-state index is 0.832. The van der Waals surface area contributed by atoms with E-state index in [2.05, 4.69) is 26.0 Å². The van der Waals surface area contributed by atoms with Crippen LogP contribution in [0.15, 0.2) is 24.3 Å². The summed E-state index contributed by atoms with van der Waals surface area (Å²) in [6, 6.07) is 8.19. The highest BCUT2D eigenvalue weighted by molar-refractivity contribution is 6.30. The third-order valence-corrected chi connectivity index (χ3v) is 2.83. The molecule has 0 amide bonds. The van der Waals surface area contributed by atoms with E-state index in [1.54, 1.807) is 0 Å². The highest BCUT2D eigenvalue weighted by Crippen LogP contribution is 2.16. The lowest BCUT2D eigenvalue weighted by molar-refractivity contribution is 0.486. The van der Waals surface area contributed by atoms with Crippen molar-refractivity contribution in [3.8, 4) is 0 Å². The molecule has 1 atom stereocenters. The number of rotatable bonds is 5. The third kappa shape index (κ3) is 4.15. The molecule has 0 nitrogen and oxygen atoms in total. The summed E-state index contributed by atoms with van der Waals surface area (Å²) in [5, 5.41) is 0.852. The van der Waals surface area contributed by atoms with Crippen LogP contribution in [0.3, 0.4) is 0 Å². The molecule has 0 N–H and O–H groups in total. The third-order valence-electron chi connectivity index (χ3n) is 2.60. The van der Waals surface area contributed by atoms with Gasteiger partial charge in [-0.2, -0.15) is 0 Å². The highest BCUT2D eigenvalue weighted by atomic mass is 35.5. The van der Waals surface area contributed by atoms with Crippen LogP contribution in [0.4, 0.5) is 0 Å². The fourth-order valence-electron chi connectivity index (χ4n) is 1.74. The largest absolute Gasteiger partial charge is 0.0843 e. The Morgan fingerprint density at radius 2 is 2.07 bits per heavy atom. The summed E-state index contributed by atoms with van der Waals surface area (Å²) in [5.41, 5.74) is 1.36. The summed E-state index contributed by atoms with van der Waals surface area (Å²) in [5.74, 6) is 0.832. The highest BCUT2D eigenvalue weighted by Gasteiger charge is 2.01. The molecule has 0 saturated carbocycles. The number of hydrogen-bond acceptors (Lipinski definition) is 0. The van der Waals surface area contributed by atoms with E-state index >= 15 is 0 Å². The lowest BCUT2D eigenvalue weighted by atomic mass is 9.97. The second-order valence-electron chi connectivity index (χ2n) is 4.06. The molecule has 0 heterocycles. The topological polar surface area (TPSA) is 0 Å². The van der Waals surface area contributed by atoms with Crippen molar-refractivity contribution >= 4 is 11.6 Å². The van der Waals surface area contributed by atoms with Crippen molar-refractivity contribution in [2.75, 3.05) is 0 Å². The van der Waals surface area contributed by atoms with Gasteiger partial charge in [0, 0.05) is 5.02 Å². The van der Waals surface area contributed by atoms with Crippen molar-refractivity contribution in [1.29, 1.82) is 0 Å². The van der Waals surface area contributed by atoms with E-state index in [1.165, 1.54) is 24.8 Å². The van der Waals surface area contributed by atoms with Crippen LogP contribution in [0.5, 0.6) is 0 Å². The maximum absolute atomic E-state index is 5.92. The van der Waals surface area contributed by atoms with E-state index in [0.29, 0.717) is 0 Å². The zero-order valence-electron chi connectivity index (χ0n) is 9.09. The molecule has 1 aromatic rings.